The van der Waals surface area contributed by atoms with Crippen LogP contribution in [0.3, 0.4) is 0 Å². The maximum absolute atomic E-state index is 11.9. The number of nitrogens with one attached hydrogen (secondary N) is 1. The van der Waals surface area contributed by atoms with E-state index in [9.17, 15) is 4.79 Å². The highest BCUT2D eigenvalue weighted by Crippen LogP contribution is 2.35. The largest absolute Gasteiger partial charge is 0.489 e. The number of carbonyl (C=O) groups is 1. The van der Waals surface area contributed by atoms with Gasteiger partial charge < -0.3 is 19.7 Å². The summed E-state index contributed by atoms with van der Waals surface area (Å²) in [7, 11) is 3.61. The van der Waals surface area contributed by atoms with E-state index in [1.54, 1.807) is 13.2 Å². The zero-order valence-corrected chi connectivity index (χ0v) is 13.2. The van der Waals surface area contributed by atoms with Crippen LogP contribution in [-0.2, 0) is 9.53 Å². The van der Waals surface area contributed by atoms with Crippen molar-refractivity contribution < 1.29 is 14.3 Å². The molecule has 0 saturated heterocycles. The van der Waals surface area contributed by atoms with Gasteiger partial charge in [-0.05, 0) is 24.6 Å². The van der Waals surface area contributed by atoms with Gasteiger partial charge in [-0.25, -0.2) is 0 Å². The summed E-state index contributed by atoms with van der Waals surface area (Å²) >= 11 is 6.02. The van der Waals surface area contributed by atoms with Crippen LogP contribution in [0.15, 0.2) is 18.2 Å². The highest BCUT2D eigenvalue weighted by molar-refractivity contribution is 6.30. The van der Waals surface area contributed by atoms with Gasteiger partial charge in [-0.2, -0.15) is 0 Å². The average molecular weight is 313 g/mol. The molecule has 1 heterocycles. The van der Waals surface area contributed by atoms with Gasteiger partial charge >= 0.3 is 0 Å². The first-order valence-electron chi connectivity index (χ1n) is 7.02. The van der Waals surface area contributed by atoms with E-state index in [0.717, 1.165) is 17.9 Å². The normalized spacial score (nSPS) is 17.1. The number of anilines is 1. The van der Waals surface area contributed by atoms with Gasteiger partial charge in [0.05, 0.1) is 18.2 Å². The molecule has 1 aliphatic rings. The van der Waals surface area contributed by atoms with Crippen LogP contribution in [0.2, 0.25) is 5.02 Å². The zero-order chi connectivity index (χ0) is 15.2. The first-order chi connectivity index (χ1) is 10.1. The number of nitrogens with zero attached hydrogens (tertiary/aromatic N) is 1. The fraction of sp³-hybridized carbons (Fsp3) is 0.533. The Labute approximate surface area is 130 Å². The SMILES string of the molecule is COCCCNC(=O)C[C@@H]1COc2ccc(Cl)cc2N1C. The standard InChI is InChI=1S/C15H21ClN2O3/c1-18-12(9-15(19)17-6-3-7-20-2)10-21-14-5-4-11(16)8-13(14)18/h4-5,8,12H,3,6-7,9-10H2,1-2H3,(H,17,19)/t12-/m1/s1. The summed E-state index contributed by atoms with van der Waals surface area (Å²) in [6, 6.07) is 5.53. The highest BCUT2D eigenvalue weighted by atomic mass is 35.5. The lowest BCUT2D eigenvalue weighted by Crippen LogP contribution is -2.43. The smallest absolute Gasteiger partial charge is 0.222 e. The first kappa shape index (κ1) is 15.9. The third-order valence-corrected chi connectivity index (χ3v) is 3.78. The molecule has 116 valence electrons. The molecule has 1 aromatic carbocycles. The molecule has 5 nitrogen and oxygen atoms in total. The fourth-order valence-electron chi connectivity index (χ4n) is 2.31. The topological polar surface area (TPSA) is 50.8 Å². The lowest BCUT2D eigenvalue weighted by molar-refractivity contribution is -0.121. The van der Waals surface area contributed by atoms with Crippen molar-refractivity contribution in [3.05, 3.63) is 23.2 Å². The quantitative estimate of drug-likeness (QED) is 0.817. The van der Waals surface area contributed by atoms with Crippen LogP contribution in [0.4, 0.5) is 5.69 Å². The second-order valence-corrected chi connectivity index (χ2v) is 5.52. The monoisotopic (exact) mass is 312 g/mol. The summed E-state index contributed by atoms with van der Waals surface area (Å²) in [6.07, 6.45) is 1.22. The number of amides is 1. The Bertz CT molecular complexity index is 496. The summed E-state index contributed by atoms with van der Waals surface area (Å²) in [6.45, 7) is 1.78. The predicted octanol–water partition coefficient (Wildman–Crippen LogP) is 2.08. The van der Waals surface area contributed by atoms with E-state index in [0.29, 0.717) is 31.2 Å². The highest BCUT2D eigenvalue weighted by Gasteiger charge is 2.26. The minimum atomic E-state index is 0.0124. The van der Waals surface area contributed by atoms with E-state index in [2.05, 4.69) is 10.2 Å². The Balaban J connectivity index is 1.89. The van der Waals surface area contributed by atoms with Crippen molar-refractivity contribution in [2.24, 2.45) is 0 Å². The van der Waals surface area contributed by atoms with Gasteiger partial charge in [0.1, 0.15) is 12.4 Å². The van der Waals surface area contributed by atoms with Crippen LogP contribution >= 0.6 is 11.6 Å². The number of methoxy groups -OCH3 is 1. The van der Waals surface area contributed by atoms with Crippen LogP contribution in [0.25, 0.3) is 0 Å². The van der Waals surface area contributed by atoms with Crippen LogP contribution in [0, 0.1) is 0 Å². The second-order valence-electron chi connectivity index (χ2n) is 5.09. The maximum atomic E-state index is 11.9. The molecule has 1 N–H and O–H groups in total. The van der Waals surface area contributed by atoms with Gasteiger partial charge in [0.2, 0.25) is 5.91 Å². The number of ether oxygens (including phenoxy) is 2. The van der Waals surface area contributed by atoms with E-state index in [-0.39, 0.29) is 11.9 Å². The van der Waals surface area contributed by atoms with Crippen molar-refractivity contribution >= 4 is 23.2 Å². The molecule has 0 fully saturated rings. The van der Waals surface area contributed by atoms with Crippen LogP contribution in [0.1, 0.15) is 12.8 Å². The number of likely N-dealkylation sites (N-methyl/N-ethyl adjacent to an activating group) is 1. The van der Waals surface area contributed by atoms with Crippen LogP contribution in [0.5, 0.6) is 5.75 Å². The molecule has 0 spiro atoms. The Morgan fingerprint density at radius 2 is 2.38 bits per heavy atom. The average Bonchev–Trinajstić information content (AvgIpc) is 2.47. The van der Waals surface area contributed by atoms with Crippen LogP contribution < -0.4 is 15.0 Å². The number of hydrogen-bond acceptors (Lipinski definition) is 4. The minimum Gasteiger partial charge on any atom is -0.489 e. The summed E-state index contributed by atoms with van der Waals surface area (Å²) in [4.78, 5) is 14.0. The molecule has 2 rings (SSSR count). The van der Waals surface area contributed by atoms with Gasteiger partial charge in [-0.15, -0.1) is 0 Å². The van der Waals surface area contributed by atoms with Gasteiger partial charge in [0.15, 0.2) is 0 Å². The summed E-state index contributed by atoms with van der Waals surface area (Å²) in [5.74, 6) is 0.829. The lowest BCUT2D eigenvalue weighted by atomic mass is 10.1. The number of benzene rings is 1. The Hall–Kier alpha value is -1.46. The van der Waals surface area contributed by atoms with Gasteiger partial charge in [0.25, 0.3) is 0 Å². The molecule has 21 heavy (non-hydrogen) atoms. The number of rotatable bonds is 6. The molecule has 0 aromatic heterocycles. The zero-order valence-electron chi connectivity index (χ0n) is 12.4. The minimum absolute atomic E-state index is 0.0124. The van der Waals surface area contributed by atoms with Crippen molar-refractivity contribution in [3.63, 3.8) is 0 Å². The first-order valence-corrected chi connectivity index (χ1v) is 7.40. The van der Waals surface area contributed by atoms with Gasteiger partial charge in [-0.1, -0.05) is 11.6 Å². The molecule has 1 amide bonds. The third kappa shape index (κ3) is 4.25. The molecule has 0 saturated carbocycles. The van der Waals surface area contributed by atoms with E-state index in [1.165, 1.54) is 0 Å². The van der Waals surface area contributed by atoms with Crippen molar-refractivity contribution in [2.75, 3.05) is 38.8 Å². The van der Waals surface area contributed by atoms with Crippen molar-refractivity contribution in [2.45, 2.75) is 18.9 Å². The number of halogens is 1. The molecular weight excluding hydrogens is 292 g/mol. The molecule has 6 heteroatoms. The molecule has 0 unspecified atom stereocenters. The maximum Gasteiger partial charge on any atom is 0.222 e. The summed E-state index contributed by atoms with van der Waals surface area (Å²) in [5.41, 5.74) is 0.922. The van der Waals surface area contributed by atoms with Crippen LogP contribution in [-0.4, -0.2) is 45.9 Å². The fourth-order valence-corrected chi connectivity index (χ4v) is 2.48. The predicted molar refractivity (Wildman–Crippen MR) is 83.3 cm³/mol. The number of carbonyl (C=O) groups excluding carboxylic acids is 1. The van der Waals surface area contributed by atoms with Gasteiger partial charge in [0, 0.05) is 32.3 Å². The van der Waals surface area contributed by atoms with Crippen molar-refractivity contribution in [1.82, 2.24) is 5.32 Å². The van der Waals surface area contributed by atoms with Crippen molar-refractivity contribution in [1.29, 1.82) is 0 Å². The third-order valence-electron chi connectivity index (χ3n) is 3.55. The molecule has 1 atom stereocenters. The van der Waals surface area contributed by atoms with E-state index in [1.807, 2.05) is 19.2 Å². The molecule has 1 aliphatic heterocycles. The molecule has 1 aromatic rings. The molecule has 0 radical (unpaired) electrons. The molecule has 0 aliphatic carbocycles. The van der Waals surface area contributed by atoms with E-state index >= 15 is 0 Å². The number of fused-ring (bicyclic) bond motifs is 1. The summed E-state index contributed by atoms with van der Waals surface area (Å²) < 4.78 is 10.7. The van der Waals surface area contributed by atoms with E-state index < -0.39 is 0 Å². The van der Waals surface area contributed by atoms with Crippen molar-refractivity contribution in [3.8, 4) is 5.75 Å². The van der Waals surface area contributed by atoms with Gasteiger partial charge in [-0.3, -0.25) is 4.79 Å². The molecular formula is C15H21ClN2O3. The summed E-state index contributed by atoms with van der Waals surface area (Å²) in [5, 5.41) is 3.55. The van der Waals surface area contributed by atoms with E-state index in [4.69, 9.17) is 21.1 Å². The lowest BCUT2D eigenvalue weighted by Gasteiger charge is -2.35. The number of hydrogen-bond donors (Lipinski definition) is 1. The Kier molecular flexibility index (Phi) is 5.70. The molecule has 0 bridgehead atoms. The second kappa shape index (κ2) is 7.52. The Morgan fingerprint density at radius 3 is 3.14 bits per heavy atom. The Morgan fingerprint density at radius 1 is 1.57 bits per heavy atom.